The molecule has 4 nitrogen and oxygen atoms in total. The number of carbonyl (C=O) groups is 2. The van der Waals surface area contributed by atoms with Crippen molar-refractivity contribution in [1.29, 1.82) is 0 Å². The summed E-state index contributed by atoms with van der Waals surface area (Å²) < 4.78 is 10.3. The van der Waals surface area contributed by atoms with E-state index in [-0.39, 0.29) is 11.8 Å². The fourth-order valence-corrected chi connectivity index (χ4v) is 3.36. The molecule has 0 saturated heterocycles. The van der Waals surface area contributed by atoms with E-state index in [4.69, 9.17) is 21.1 Å². The lowest BCUT2D eigenvalue weighted by Crippen LogP contribution is -2.25. The van der Waals surface area contributed by atoms with Gasteiger partial charge in [-0.2, -0.15) is 0 Å². The van der Waals surface area contributed by atoms with E-state index < -0.39 is 11.4 Å². The molecule has 1 atom stereocenters. The Bertz CT molecular complexity index is 982. The summed E-state index contributed by atoms with van der Waals surface area (Å²) in [6, 6.07) is 25.0. The Balaban J connectivity index is 2.03. The Kier molecular flexibility index (Phi) is 6.35. The smallest absolute Gasteiger partial charge is 0.326 e. The van der Waals surface area contributed by atoms with Gasteiger partial charge < -0.3 is 9.47 Å². The number of benzene rings is 3. The molecular weight excluding hydrogens is 388 g/mol. The zero-order valence-corrected chi connectivity index (χ0v) is 17.0. The zero-order chi connectivity index (χ0) is 20.9. The van der Waals surface area contributed by atoms with Crippen LogP contribution in [0.15, 0.2) is 78.9 Å². The third kappa shape index (κ3) is 4.66. The molecule has 0 radical (unpaired) electrons. The number of carbonyl (C=O) groups excluding carboxylic acids is 2. The second-order valence-electron chi connectivity index (χ2n) is 6.74. The number of ether oxygens (including phenoxy) is 2. The van der Waals surface area contributed by atoms with E-state index in [0.29, 0.717) is 11.5 Å². The van der Waals surface area contributed by atoms with Crippen molar-refractivity contribution in [3.8, 4) is 11.5 Å². The molecule has 1 unspecified atom stereocenters. The Morgan fingerprint density at radius 1 is 0.759 bits per heavy atom. The molecule has 3 aromatic carbocycles. The quantitative estimate of drug-likeness (QED) is 0.246. The molecule has 0 saturated carbocycles. The molecule has 0 bridgehead atoms. The molecule has 0 aliphatic heterocycles. The van der Waals surface area contributed by atoms with Crippen molar-refractivity contribution in [3.63, 3.8) is 0 Å². The highest BCUT2D eigenvalue weighted by molar-refractivity contribution is 6.26. The van der Waals surface area contributed by atoms with Crippen LogP contribution in [0.25, 0.3) is 0 Å². The first-order chi connectivity index (χ1) is 13.9. The van der Waals surface area contributed by atoms with E-state index in [0.717, 1.165) is 16.7 Å². The van der Waals surface area contributed by atoms with Crippen LogP contribution >= 0.6 is 11.6 Å². The second-order valence-corrected chi connectivity index (χ2v) is 7.01. The van der Waals surface area contributed by atoms with Crippen molar-refractivity contribution < 1.29 is 19.1 Å². The minimum absolute atomic E-state index is 0.196. The highest BCUT2D eigenvalue weighted by Gasteiger charge is 2.31. The highest BCUT2D eigenvalue weighted by atomic mass is 35.5. The van der Waals surface area contributed by atoms with Crippen LogP contribution in [0.3, 0.4) is 0 Å². The Morgan fingerprint density at radius 3 is 1.66 bits per heavy atom. The van der Waals surface area contributed by atoms with Crippen LogP contribution in [-0.2, 0) is 15.0 Å². The summed E-state index contributed by atoms with van der Waals surface area (Å²) in [5, 5.41) is 0. The lowest BCUT2D eigenvalue weighted by molar-refractivity contribution is -0.132. The average Bonchev–Trinajstić information content (AvgIpc) is 2.74. The van der Waals surface area contributed by atoms with Gasteiger partial charge >= 0.3 is 11.9 Å². The van der Waals surface area contributed by atoms with Gasteiger partial charge in [-0.3, -0.25) is 9.59 Å². The van der Waals surface area contributed by atoms with Crippen molar-refractivity contribution in [2.75, 3.05) is 5.88 Å². The van der Waals surface area contributed by atoms with Gasteiger partial charge in [0.2, 0.25) is 0 Å². The highest BCUT2D eigenvalue weighted by Crippen LogP contribution is 2.39. The van der Waals surface area contributed by atoms with E-state index in [1.54, 1.807) is 24.3 Å². The fraction of sp³-hybridized carbons (Fsp3) is 0.167. The van der Waals surface area contributed by atoms with E-state index in [1.165, 1.54) is 6.92 Å². The third-order valence-electron chi connectivity index (χ3n) is 4.82. The lowest BCUT2D eigenvalue weighted by Gasteiger charge is -2.32. The summed E-state index contributed by atoms with van der Waals surface area (Å²) in [5.41, 5.74) is 2.69. The fourth-order valence-electron chi connectivity index (χ4n) is 3.31. The Labute approximate surface area is 175 Å². The van der Waals surface area contributed by atoms with E-state index >= 15 is 0 Å². The minimum Gasteiger partial charge on any atom is -0.427 e. The van der Waals surface area contributed by atoms with Gasteiger partial charge in [0.25, 0.3) is 0 Å². The molecule has 0 spiro atoms. The molecule has 148 valence electrons. The molecule has 0 fully saturated rings. The van der Waals surface area contributed by atoms with Crippen molar-refractivity contribution in [3.05, 3.63) is 95.6 Å². The molecule has 3 aromatic rings. The molecule has 29 heavy (non-hydrogen) atoms. The van der Waals surface area contributed by atoms with Gasteiger partial charge in [-0.05, 0) is 47.9 Å². The van der Waals surface area contributed by atoms with Crippen LogP contribution in [-0.4, -0.2) is 17.8 Å². The number of hydrogen-bond acceptors (Lipinski definition) is 4. The van der Waals surface area contributed by atoms with Crippen molar-refractivity contribution >= 4 is 23.5 Å². The van der Waals surface area contributed by atoms with Crippen LogP contribution in [0, 0.1) is 0 Å². The van der Waals surface area contributed by atoms with E-state index in [9.17, 15) is 9.59 Å². The first-order valence-electron chi connectivity index (χ1n) is 9.15. The van der Waals surface area contributed by atoms with Crippen LogP contribution < -0.4 is 9.47 Å². The number of alkyl halides is 1. The largest absolute Gasteiger partial charge is 0.427 e. The Hall–Kier alpha value is -3.11. The van der Waals surface area contributed by atoms with Gasteiger partial charge in [0.05, 0.1) is 0 Å². The predicted molar refractivity (Wildman–Crippen MR) is 113 cm³/mol. The zero-order valence-electron chi connectivity index (χ0n) is 16.2. The van der Waals surface area contributed by atoms with Gasteiger partial charge in [0, 0.05) is 12.3 Å². The van der Waals surface area contributed by atoms with E-state index in [2.05, 4.69) is 19.1 Å². The van der Waals surface area contributed by atoms with Crippen molar-refractivity contribution in [2.24, 2.45) is 0 Å². The lowest BCUT2D eigenvalue weighted by atomic mass is 9.71. The van der Waals surface area contributed by atoms with Crippen LogP contribution in [0.1, 0.15) is 30.5 Å². The summed E-state index contributed by atoms with van der Waals surface area (Å²) >= 11 is 5.50. The SMILES string of the molecule is CC(=O)Oc1ccc(C(C)(c2ccccc2)c2ccc(OC(=O)CCl)cc2)cc1. The minimum atomic E-state index is -0.494. The first-order valence-corrected chi connectivity index (χ1v) is 9.68. The van der Waals surface area contributed by atoms with Gasteiger partial charge in [-0.1, -0.05) is 54.6 Å². The van der Waals surface area contributed by atoms with Crippen LogP contribution in [0.5, 0.6) is 11.5 Å². The van der Waals surface area contributed by atoms with E-state index in [1.807, 2.05) is 42.5 Å². The van der Waals surface area contributed by atoms with Gasteiger partial charge in [-0.25, -0.2) is 0 Å². The monoisotopic (exact) mass is 408 g/mol. The molecule has 5 heteroatoms. The summed E-state index contributed by atoms with van der Waals surface area (Å²) in [5.74, 6) is -0.102. The van der Waals surface area contributed by atoms with Crippen LogP contribution in [0.4, 0.5) is 0 Å². The summed E-state index contributed by atoms with van der Waals surface area (Å²) in [4.78, 5) is 22.6. The standard InChI is InChI=1S/C24H21ClO4/c1-17(26)28-21-12-8-19(9-13-21)24(2,18-6-4-3-5-7-18)20-10-14-22(15-11-20)29-23(27)16-25/h3-15H,16H2,1-2H3. The predicted octanol–water partition coefficient (Wildman–Crippen LogP) is 5.11. The normalized spacial score (nSPS) is 12.7. The maximum atomic E-state index is 11.4. The van der Waals surface area contributed by atoms with Gasteiger partial charge in [-0.15, -0.1) is 11.6 Å². The maximum Gasteiger partial charge on any atom is 0.326 e. The number of rotatable bonds is 6. The molecule has 3 rings (SSSR count). The number of hydrogen-bond donors (Lipinski definition) is 0. The van der Waals surface area contributed by atoms with Gasteiger partial charge in [0.15, 0.2) is 0 Å². The van der Waals surface area contributed by atoms with Crippen molar-refractivity contribution in [2.45, 2.75) is 19.3 Å². The second kappa shape index (κ2) is 8.93. The average molecular weight is 409 g/mol. The Morgan fingerprint density at radius 2 is 1.21 bits per heavy atom. The topological polar surface area (TPSA) is 52.6 Å². The van der Waals surface area contributed by atoms with Gasteiger partial charge in [0.1, 0.15) is 17.4 Å². The summed E-state index contributed by atoms with van der Waals surface area (Å²) in [7, 11) is 0. The maximum absolute atomic E-state index is 11.4. The molecule has 0 aliphatic carbocycles. The molecule has 0 heterocycles. The molecule has 0 amide bonds. The third-order valence-corrected chi connectivity index (χ3v) is 5.04. The molecule has 0 aliphatic rings. The summed E-state index contributed by atoms with van der Waals surface area (Å²) in [6.45, 7) is 3.50. The number of esters is 2. The number of halogens is 1. The first kappa shape index (κ1) is 20.6. The molecular formula is C24H21ClO4. The van der Waals surface area contributed by atoms with Crippen molar-refractivity contribution in [1.82, 2.24) is 0 Å². The molecule has 0 aromatic heterocycles. The molecule has 0 N–H and O–H groups in total. The van der Waals surface area contributed by atoms with Crippen LogP contribution in [0.2, 0.25) is 0 Å². The summed E-state index contributed by atoms with van der Waals surface area (Å²) in [6.07, 6.45) is 0.